The minimum Gasteiger partial charge on any atom is -0.166 e. The van der Waals surface area contributed by atoms with Crippen molar-refractivity contribution < 1.29 is 26.3 Å². The minimum absolute atomic E-state index is 0.330. The minimum atomic E-state index is -4.73. The monoisotopic (exact) mass is 318 g/mol. The first-order valence-electron chi connectivity index (χ1n) is 6.36. The van der Waals surface area contributed by atoms with Crippen LogP contribution in [0.15, 0.2) is 36.4 Å². The molecule has 0 aliphatic carbocycles. The van der Waals surface area contributed by atoms with Crippen molar-refractivity contribution in [3.05, 3.63) is 58.7 Å². The molecule has 0 spiro atoms. The van der Waals surface area contributed by atoms with E-state index in [4.69, 9.17) is 0 Å². The van der Waals surface area contributed by atoms with Crippen molar-refractivity contribution >= 4 is 0 Å². The van der Waals surface area contributed by atoms with E-state index in [9.17, 15) is 26.3 Å². The highest BCUT2D eigenvalue weighted by Crippen LogP contribution is 2.43. The van der Waals surface area contributed by atoms with Gasteiger partial charge in [0.25, 0.3) is 0 Å². The lowest BCUT2D eigenvalue weighted by atomic mass is 9.92. The number of hydrogen-bond acceptors (Lipinski definition) is 0. The molecule has 0 saturated carbocycles. The van der Waals surface area contributed by atoms with Crippen LogP contribution in [0.3, 0.4) is 0 Å². The summed E-state index contributed by atoms with van der Waals surface area (Å²) in [6, 6.07) is 6.61. The molecule has 0 saturated heterocycles. The highest BCUT2D eigenvalue weighted by atomic mass is 19.4. The van der Waals surface area contributed by atoms with Crippen molar-refractivity contribution in [2.45, 2.75) is 26.2 Å². The highest BCUT2D eigenvalue weighted by molar-refractivity contribution is 5.72. The first kappa shape index (κ1) is 16.4. The van der Waals surface area contributed by atoms with Crippen LogP contribution in [-0.4, -0.2) is 0 Å². The second kappa shape index (κ2) is 5.34. The van der Waals surface area contributed by atoms with Crippen LogP contribution in [0.2, 0.25) is 0 Å². The SMILES string of the molecule is Cc1ccc(-c2ccc(C)cc2C(F)(F)F)c(C(F)(F)F)c1. The Morgan fingerprint density at radius 1 is 0.591 bits per heavy atom. The number of benzene rings is 2. The van der Waals surface area contributed by atoms with Gasteiger partial charge in [-0.1, -0.05) is 35.4 Å². The average Bonchev–Trinajstić information content (AvgIpc) is 2.37. The Morgan fingerprint density at radius 3 is 1.18 bits per heavy atom. The molecule has 2 rings (SSSR count). The number of rotatable bonds is 1. The molecule has 0 amide bonds. The normalized spacial score (nSPS) is 12.5. The van der Waals surface area contributed by atoms with Crippen LogP contribution in [0.5, 0.6) is 0 Å². The van der Waals surface area contributed by atoms with Gasteiger partial charge in [-0.15, -0.1) is 0 Å². The first-order valence-corrected chi connectivity index (χ1v) is 6.36. The van der Waals surface area contributed by atoms with Crippen molar-refractivity contribution in [1.82, 2.24) is 0 Å². The summed E-state index contributed by atoms with van der Waals surface area (Å²) in [5.41, 5.74) is -2.41. The Labute approximate surface area is 123 Å². The number of aryl methyl sites for hydroxylation is 2. The van der Waals surface area contributed by atoms with E-state index in [1.54, 1.807) is 0 Å². The molecule has 0 aliphatic rings. The fraction of sp³-hybridized carbons (Fsp3) is 0.250. The highest BCUT2D eigenvalue weighted by Gasteiger charge is 2.38. The van der Waals surface area contributed by atoms with Crippen molar-refractivity contribution in [1.29, 1.82) is 0 Å². The van der Waals surface area contributed by atoms with Crippen LogP contribution in [0, 0.1) is 13.8 Å². The zero-order chi connectivity index (χ0) is 16.7. The maximum atomic E-state index is 13.1. The lowest BCUT2D eigenvalue weighted by Gasteiger charge is -2.18. The maximum absolute atomic E-state index is 13.1. The summed E-state index contributed by atoms with van der Waals surface area (Å²) in [6.07, 6.45) is -9.45. The van der Waals surface area contributed by atoms with E-state index >= 15 is 0 Å². The van der Waals surface area contributed by atoms with Gasteiger partial charge in [-0.2, -0.15) is 26.3 Å². The fourth-order valence-electron chi connectivity index (χ4n) is 2.25. The first-order chi connectivity index (χ1) is 10.00. The molecule has 6 heteroatoms. The predicted octanol–water partition coefficient (Wildman–Crippen LogP) is 6.01. The van der Waals surface area contributed by atoms with E-state index in [1.165, 1.54) is 26.0 Å². The third kappa shape index (κ3) is 3.26. The van der Waals surface area contributed by atoms with Gasteiger partial charge in [-0.3, -0.25) is 0 Å². The van der Waals surface area contributed by atoms with E-state index in [1.807, 2.05) is 0 Å². The Morgan fingerprint density at radius 2 is 0.909 bits per heavy atom. The molecule has 2 aromatic rings. The molecule has 0 heterocycles. The van der Waals surface area contributed by atoms with Crippen molar-refractivity contribution in [3.63, 3.8) is 0 Å². The smallest absolute Gasteiger partial charge is 0.166 e. The summed E-state index contributed by atoms with van der Waals surface area (Å²) < 4.78 is 78.8. The molecule has 118 valence electrons. The summed E-state index contributed by atoms with van der Waals surface area (Å²) in [5.74, 6) is 0. The van der Waals surface area contributed by atoms with E-state index in [0.29, 0.717) is 11.1 Å². The molecule has 0 bridgehead atoms. The summed E-state index contributed by atoms with van der Waals surface area (Å²) in [4.78, 5) is 0. The molecule has 0 nitrogen and oxygen atoms in total. The van der Waals surface area contributed by atoms with Crippen LogP contribution >= 0.6 is 0 Å². The van der Waals surface area contributed by atoms with Gasteiger partial charge in [-0.05, 0) is 37.1 Å². The van der Waals surface area contributed by atoms with Crippen LogP contribution in [0.1, 0.15) is 22.3 Å². The van der Waals surface area contributed by atoms with Gasteiger partial charge in [-0.25, -0.2) is 0 Å². The Kier molecular flexibility index (Phi) is 3.98. The van der Waals surface area contributed by atoms with Crippen LogP contribution < -0.4 is 0 Å². The molecular formula is C16H12F6. The second-order valence-corrected chi connectivity index (χ2v) is 5.09. The molecule has 0 N–H and O–H groups in total. The number of hydrogen-bond donors (Lipinski definition) is 0. The fourth-order valence-corrected chi connectivity index (χ4v) is 2.25. The van der Waals surface area contributed by atoms with Crippen LogP contribution in [0.4, 0.5) is 26.3 Å². The van der Waals surface area contributed by atoms with Gasteiger partial charge in [0.1, 0.15) is 0 Å². The summed E-state index contributed by atoms with van der Waals surface area (Å²) >= 11 is 0. The molecule has 22 heavy (non-hydrogen) atoms. The van der Waals surface area contributed by atoms with E-state index in [-0.39, 0.29) is 0 Å². The standard InChI is InChI=1S/C16H12F6/c1-9-3-5-11(13(7-9)15(17,18)19)12-6-4-10(2)8-14(12)16(20,21)22/h3-8H,1-2H3. The van der Waals surface area contributed by atoms with Crippen molar-refractivity contribution in [3.8, 4) is 11.1 Å². The average molecular weight is 318 g/mol. The molecule has 2 aromatic carbocycles. The zero-order valence-electron chi connectivity index (χ0n) is 11.7. The Bertz CT molecular complexity index is 633. The van der Waals surface area contributed by atoms with Gasteiger partial charge >= 0.3 is 12.4 Å². The molecule has 0 aliphatic heterocycles. The lowest BCUT2D eigenvalue weighted by molar-refractivity contribution is -0.139. The van der Waals surface area contributed by atoms with Gasteiger partial charge in [0.05, 0.1) is 11.1 Å². The summed E-state index contributed by atoms with van der Waals surface area (Å²) in [6.45, 7) is 2.91. The number of alkyl halides is 6. The van der Waals surface area contributed by atoms with Crippen LogP contribution in [-0.2, 0) is 12.4 Å². The van der Waals surface area contributed by atoms with E-state index in [0.717, 1.165) is 24.3 Å². The topological polar surface area (TPSA) is 0 Å². The van der Waals surface area contributed by atoms with Crippen molar-refractivity contribution in [2.24, 2.45) is 0 Å². The Hall–Kier alpha value is -1.98. The van der Waals surface area contributed by atoms with Gasteiger partial charge in [0, 0.05) is 0 Å². The Balaban J connectivity index is 2.78. The third-order valence-electron chi connectivity index (χ3n) is 3.25. The lowest BCUT2D eigenvalue weighted by Crippen LogP contribution is -2.11. The molecular weight excluding hydrogens is 306 g/mol. The van der Waals surface area contributed by atoms with Gasteiger partial charge in [0.2, 0.25) is 0 Å². The summed E-state index contributed by atoms with van der Waals surface area (Å²) in [5, 5.41) is 0. The summed E-state index contributed by atoms with van der Waals surface area (Å²) in [7, 11) is 0. The van der Waals surface area contributed by atoms with Crippen molar-refractivity contribution in [2.75, 3.05) is 0 Å². The second-order valence-electron chi connectivity index (χ2n) is 5.09. The number of halogens is 6. The van der Waals surface area contributed by atoms with E-state index in [2.05, 4.69) is 0 Å². The molecule has 0 unspecified atom stereocenters. The molecule has 0 aromatic heterocycles. The van der Waals surface area contributed by atoms with Gasteiger partial charge < -0.3 is 0 Å². The largest absolute Gasteiger partial charge is 0.417 e. The third-order valence-corrected chi connectivity index (χ3v) is 3.25. The molecule has 0 fully saturated rings. The predicted molar refractivity (Wildman–Crippen MR) is 71.4 cm³/mol. The quantitative estimate of drug-likeness (QED) is 0.565. The maximum Gasteiger partial charge on any atom is 0.417 e. The molecule has 0 atom stereocenters. The van der Waals surface area contributed by atoms with Gasteiger partial charge in [0.15, 0.2) is 0 Å². The molecule has 0 radical (unpaired) electrons. The van der Waals surface area contributed by atoms with E-state index < -0.39 is 34.6 Å². The van der Waals surface area contributed by atoms with Crippen LogP contribution in [0.25, 0.3) is 11.1 Å². The zero-order valence-corrected chi connectivity index (χ0v) is 11.7.